The normalized spacial score (nSPS) is 13.0. The molecule has 0 fully saturated rings. The summed E-state index contributed by atoms with van der Waals surface area (Å²) in [5.41, 5.74) is 3.32. The fourth-order valence-electron chi connectivity index (χ4n) is 3.19. The highest BCUT2D eigenvalue weighted by atomic mass is 32.2. The van der Waals surface area contributed by atoms with E-state index in [2.05, 4.69) is 5.32 Å². The zero-order valence-electron chi connectivity index (χ0n) is 13.8. The van der Waals surface area contributed by atoms with Crippen LogP contribution in [-0.2, 0) is 23.2 Å². The van der Waals surface area contributed by atoms with Crippen LogP contribution >= 0.6 is 0 Å². The van der Waals surface area contributed by atoms with Crippen LogP contribution in [0.25, 0.3) is 11.3 Å². The van der Waals surface area contributed by atoms with Gasteiger partial charge in [0.2, 0.25) is 0 Å². The van der Waals surface area contributed by atoms with Crippen molar-refractivity contribution in [2.24, 2.45) is 0 Å². The minimum Gasteiger partial charge on any atom is -0.488 e. The molecule has 0 unspecified atom stereocenters. The van der Waals surface area contributed by atoms with Crippen molar-refractivity contribution in [3.05, 3.63) is 71.9 Å². The molecule has 25 heavy (non-hydrogen) atoms. The first-order valence-corrected chi connectivity index (χ1v) is 9.47. The summed E-state index contributed by atoms with van der Waals surface area (Å²) >= 11 is 0. The van der Waals surface area contributed by atoms with E-state index >= 15 is 0 Å². The maximum Gasteiger partial charge on any atom is 0.268 e. The van der Waals surface area contributed by atoms with E-state index in [0.29, 0.717) is 24.6 Å². The predicted molar refractivity (Wildman–Crippen MR) is 96.0 cm³/mol. The van der Waals surface area contributed by atoms with Crippen LogP contribution in [0.4, 0.5) is 0 Å². The van der Waals surface area contributed by atoms with Crippen molar-refractivity contribution in [1.29, 1.82) is 0 Å². The third-order valence-electron chi connectivity index (χ3n) is 4.35. The summed E-state index contributed by atoms with van der Waals surface area (Å²) in [7, 11) is -1.85. The van der Waals surface area contributed by atoms with Gasteiger partial charge in [0.1, 0.15) is 12.4 Å². The summed E-state index contributed by atoms with van der Waals surface area (Å²) < 4.78 is 33.7. The number of fused-ring (bicyclic) bond motifs is 3. The summed E-state index contributed by atoms with van der Waals surface area (Å²) in [5.74, 6) is 0.702. The Balaban J connectivity index is 1.99. The van der Waals surface area contributed by atoms with Gasteiger partial charge >= 0.3 is 0 Å². The molecular weight excluding hydrogens is 336 g/mol. The zero-order chi connectivity index (χ0) is 17.4. The molecular formula is C19H18N2O3S. The van der Waals surface area contributed by atoms with Gasteiger partial charge in [-0.2, -0.15) is 0 Å². The molecule has 4 rings (SSSR count). The molecule has 0 saturated carbocycles. The van der Waals surface area contributed by atoms with E-state index in [1.807, 2.05) is 31.3 Å². The second-order valence-electron chi connectivity index (χ2n) is 5.91. The summed E-state index contributed by atoms with van der Waals surface area (Å²) in [6, 6.07) is 16.0. The van der Waals surface area contributed by atoms with Crippen molar-refractivity contribution in [3.8, 4) is 17.0 Å². The summed E-state index contributed by atoms with van der Waals surface area (Å²) in [5, 5.41) is 3.10. The van der Waals surface area contributed by atoms with Gasteiger partial charge in [-0.3, -0.25) is 0 Å². The lowest BCUT2D eigenvalue weighted by molar-refractivity contribution is 0.301. The predicted octanol–water partition coefficient (Wildman–Crippen LogP) is 3.00. The van der Waals surface area contributed by atoms with Gasteiger partial charge < -0.3 is 10.1 Å². The van der Waals surface area contributed by atoms with Crippen LogP contribution in [0.15, 0.2) is 65.7 Å². The number of nitrogens with zero attached hydrogens (tertiary/aromatic N) is 1. The highest BCUT2D eigenvalue weighted by Crippen LogP contribution is 2.41. The number of ether oxygens (including phenoxy) is 1. The second kappa shape index (κ2) is 6.06. The minimum absolute atomic E-state index is 0.271. The number of rotatable bonds is 4. The Morgan fingerprint density at radius 1 is 1.08 bits per heavy atom. The molecule has 6 heteroatoms. The summed E-state index contributed by atoms with van der Waals surface area (Å²) in [4.78, 5) is 0.271. The SMILES string of the molecule is CNCc1cn(S(=O)(=O)c2ccccc2)c2c1COc1ccccc1-2. The molecule has 1 aliphatic rings. The lowest BCUT2D eigenvalue weighted by Crippen LogP contribution is -2.15. The Hall–Kier alpha value is -2.57. The monoisotopic (exact) mass is 354 g/mol. The average Bonchev–Trinajstić information content (AvgIpc) is 3.03. The molecule has 2 aromatic carbocycles. The molecule has 128 valence electrons. The van der Waals surface area contributed by atoms with E-state index < -0.39 is 10.0 Å². The molecule has 1 N–H and O–H groups in total. The molecule has 1 aromatic heterocycles. The fourth-order valence-corrected chi connectivity index (χ4v) is 4.63. The molecule has 0 amide bonds. The highest BCUT2D eigenvalue weighted by Gasteiger charge is 2.30. The second-order valence-corrected chi connectivity index (χ2v) is 7.73. The zero-order valence-corrected chi connectivity index (χ0v) is 14.6. The maximum absolute atomic E-state index is 13.2. The molecule has 0 bridgehead atoms. The van der Waals surface area contributed by atoms with Crippen LogP contribution in [0.5, 0.6) is 5.75 Å². The number of aromatic nitrogens is 1. The van der Waals surface area contributed by atoms with E-state index in [9.17, 15) is 8.42 Å². The van der Waals surface area contributed by atoms with Crippen molar-refractivity contribution in [3.63, 3.8) is 0 Å². The smallest absolute Gasteiger partial charge is 0.268 e. The van der Waals surface area contributed by atoms with Crippen LogP contribution in [0.3, 0.4) is 0 Å². The Kier molecular flexibility index (Phi) is 3.86. The standard InChI is InChI=1S/C19H18N2O3S/c1-20-11-14-12-21(25(22,23)15-7-3-2-4-8-15)19-16-9-5-6-10-18(16)24-13-17(14)19/h2-10,12,20H,11,13H2,1H3. The molecule has 3 aromatic rings. The van der Waals surface area contributed by atoms with Crippen molar-refractivity contribution in [2.75, 3.05) is 7.05 Å². The molecule has 0 atom stereocenters. The molecule has 0 saturated heterocycles. The summed E-state index contributed by atoms with van der Waals surface area (Å²) in [6.45, 7) is 0.936. The summed E-state index contributed by atoms with van der Waals surface area (Å²) in [6.07, 6.45) is 1.70. The molecule has 1 aliphatic heterocycles. The van der Waals surface area contributed by atoms with Gasteiger partial charge in [0, 0.05) is 23.9 Å². The van der Waals surface area contributed by atoms with Gasteiger partial charge in [0.15, 0.2) is 0 Å². The van der Waals surface area contributed by atoms with Crippen molar-refractivity contribution < 1.29 is 13.2 Å². The third-order valence-corrected chi connectivity index (χ3v) is 6.02. The van der Waals surface area contributed by atoms with Crippen molar-refractivity contribution >= 4 is 10.0 Å². The first kappa shape index (κ1) is 15.9. The van der Waals surface area contributed by atoms with Crippen LogP contribution < -0.4 is 10.1 Å². The first-order valence-electron chi connectivity index (χ1n) is 8.03. The van der Waals surface area contributed by atoms with Gasteiger partial charge in [-0.15, -0.1) is 0 Å². The molecule has 5 nitrogen and oxygen atoms in total. The highest BCUT2D eigenvalue weighted by molar-refractivity contribution is 7.90. The fraction of sp³-hybridized carbons (Fsp3) is 0.158. The van der Waals surface area contributed by atoms with Crippen molar-refractivity contribution in [1.82, 2.24) is 9.29 Å². The number of benzene rings is 2. The topological polar surface area (TPSA) is 60.3 Å². The van der Waals surface area contributed by atoms with Gasteiger partial charge in [-0.25, -0.2) is 12.4 Å². The molecule has 0 aliphatic carbocycles. The van der Waals surface area contributed by atoms with Gasteiger partial charge in [0.05, 0.1) is 10.6 Å². The quantitative estimate of drug-likeness (QED) is 0.782. The number of para-hydroxylation sites is 1. The van der Waals surface area contributed by atoms with Crippen molar-refractivity contribution in [2.45, 2.75) is 18.0 Å². The van der Waals surface area contributed by atoms with E-state index in [0.717, 1.165) is 16.7 Å². The Labute approximate surface area is 146 Å². The largest absolute Gasteiger partial charge is 0.488 e. The van der Waals surface area contributed by atoms with E-state index in [-0.39, 0.29) is 4.90 Å². The third kappa shape index (κ3) is 2.54. The Morgan fingerprint density at radius 2 is 1.80 bits per heavy atom. The Bertz CT molecular complexity index is 1020. The lowest BCUT2D eigenvalue weighted by Gasteiger charge is -2.21. The number of hydrogen-bond acceptors (Lipinski definition) is 4. The van der Waals surface area contributed by atoms with E-state index in [1.165, 1.54) is 3.97 Å². The Morgan fingerprint density at radius 3 is 2.56 bits per heavy atom. The lowest BCUT2D eigenvalue weighted by atomic mass is 10.0. The number of nitrogens with one attached hydrogen (secondary N) is 1. The minimum atomic E-state index is -3.69. The molecule has 0 radical (unpaired) electrons. The van der Waals surface area contributed by atoms with Crippen LogP contribution in [0, 0.1) is 0 Å². The van der Waals surface area contributed by atoms with Gasteiger partial charge in [-0.05, 0) is 36.9 Å². The van der Waals surface area contributed by atoms with Crippen LogP contribution in [-0.4, -0.2) is 19.4 Å². The van der Waals surface area contributed by atoms with Crippen LogP contribution in [0.1, 0.15) is 11.1 Å². The number of hydrogen-bond donors (Lipinski definition) is 1. The molecule has 0 spiro atoms. The first-order chi connectivity index (χ1) is 12.1. The maximum atomic E-state index is 13.2. The van der Waals surface area contributed by atoms with E-state index in [4.69, 9.17) is 4.74 Å². The van der Waals surface area contributed by atoms with E-state index in [1.54, 1.807) is 36.5 Å². The average molecular weight is 354 g/mol. The van der Waals surface area contributed by atoms with Gasteiger partial charge in [0.25, 0.3) is 10.0 Å². The molecule has 2 heterocycles. The van der Waals surface area contributed by atoms with Gasteiger partial charge in [-0.1, -0.05) is 30.3 Å². The van der Waals surface area contributed by atoms with Crippen LogP contribution in [0.2, 0.25) is 0 Å².